The number of aryl methyl sites for hydroxylation is 2. The van der Waals surface area contributed by atoms with Crippen molar-refractivity contribution in [2.75, 3.05) is 18.5 Å². The van der Waals surface area contributed by atoms with Gasteiger partial charge in [0.05, 0.1) is 16.8 Å². The van der Waals surface area contributed by atoms with Gasteiger partial charge in [-0.25, -0.2) is 4.98 Å². The first-order valence-corrected chi connectivity index (χ1v) is 11.0. The lowest BCUT2D eigenvalue weighted by atomic mass is 10.1. The van der Waals surface area contributed by atoms with E-state index in [1.165, 1.54) is 16.9 Å². The number of anilines is 1. The number of halogens is 1. The van der Waals surface area contributed by atoms with Gasteiger partial charge in [0.15, 0.2) is 11.7 Å². The molecule has 0 bridgehead atoms. The van der Waals surface area contributed by atoms with Crippen LogP contribution in [0.3, 0.4) is 0 Å². The monoisotopic (exact) mass is 474 g/mol. The second-order valence-electron chi connectivity index (χ2n) is 6.34. The standard InChI is InChI=1S/C22H23BrN2O3S/c1-4-15-6-11-19(18(23)12-15)28-13-20(26)24-22-25-21(14(3)29-22)16-7-9-17(10-8-16)27-5-2/h6-12H,4-5,13H2,1-3H3,(H,24,25,26). The smallest absolute Gasteiger partial charge is 0.264 e. The molecule has 1 heterocycles. The van der Waals surface area contributed by atoms with Crippen molar-refractivity contribution in [2.45, 2.75) is 27.2 Å². The molecule has 0 saturated heterocycles. The minimum atomic E-state index is -0.247. The van der Waals surface area contributed by atoms with Gasteiger partial charge in [-0.15, -0.1) is 11.3 Å². The van der Waals surface area contributed by atoms with E-state index in [9.17, 15) is 4.79 Å². The number of hydrogen-bond donors (Lipinski definition) is 1. The Kier molecular flexibility index (Phi) is 7.28. The topological polar surface area (TPSA) is 60.5 Å². The van der Waals surface area contributed by atoms with Crippen LogP contribution in [0.25, 0.3) is 11.3 Å². The van der Waals surface area contributed by atoms with Crippen LogP contribution in [0.5, 0.6) is 11.5 Å². The molecule has 0 aliphatic carbocycles. The Morgan fingerprint density at radius 2 is 1.90 bits per heavy atom. The highest BCUT2D eigenvalue weighted by atomic mass is 79.9. The fraction of sp³-hybridized carbons (Fsp3) is 0.273. The summed E-state index contributed by atoms with van der Waals surface area (Å²) in [5.74, 6) is 1.22. The van der Waals surface area contributed by atoms with E-state index in [-0.39, 0.29) is 12.5 Å². The number of aromatic nitrogens is 1. The first-order chi connectivity index (χ1) is 14.0. The maximum absolute atomic E-state index is 12.3. The highest BCUT2D eigenvalue weighted by Crippen LogP contribution is 2.31. The third-order valence-electron chi connectivity index (χ3n) is 4.25. The molecular formula is C22H23BrN2O3S. The predicted octanol–water partition coefficient (Wildman–Crippen LogP) is 5.86. The maximum atomic E-state index is 12.3. The Morgan fingerprint density at radius 3 is 2.55 bits per heavy atom. The van der Waals surface area contributed by atoms with Crippen LogP contribution in [-0.2, 0) is 11.2 Å². The number of carbonyl (C=O) groups is 1. The van der Waals surface area contributed by atoms with Crippen molar-refractivity contribution in [3.05, 3.63) is 57.4 Å². The number of nitrogens with one attached hydrogen (secondary N) is 1. The first-order valence-electron chi connectivity index (χ1n) is 9.41. The van der Waals surface area contributed by atoms with Gasteiger partial charge >= 0.3 is 0 Å². The van der Waals surface area contributed by atoms with E-state index in [0.29, 0.717) is 17.5 Å². The van der Waals surface area contributed by atoms with Crippen molar-refractivity contribution in [1.82, 2.24) is 4.98 Å². The lowest BCUT2D eigenvalue weighted by Crippen LogP contribution is -2.20. The van der Waals surface area contributed by atoms with E-state index in [2.05, 4.69) is 33.2 Å². The maximum Gasteiger partial charge on any atom is 0.264 e. The van der Waals surface area contributed by atoms with E-state index in [4.69, 9.17) is 9.47 Å². The Hall–Kier alpha value is -2.38. The average Bonchev–Trinajstić information content (AvgIpc) is 3.07. The number of thiazole rings is 1. The van der Waals surface area contributed by atoms with Crippen LogP contribution >= 0.6 is 27.3 Å². The minimum Gasteiger partial charge on any atom is -0.494 e. The summed E-state index contributed by atoms with van der Waals surface area (Å²) in [5, 5.41) is 3.38. The third kappa shape index (κ3) is 5.58. The summed E-state index contributed by atoms with van der Waals surface area (Å²) >= 11 is 4.93. The number of benzene rings is 2. The van der Waals surface area contributed by atoms with E-state index in [1.807, 2.05) is 56.3 Å². The molecule has 3 aromatic rings. The molecule has 0 unspecified atom stereocenters. The molecule has 0 atom stereocenters. The Labute approximate surface area is 183 Å². The molecule has 2 aromatic carbocycles. The van der Waals surface area contributed by atoms with Crippen molar-refractivity contribution in [1.29, 1.82) is 0 Å². The van der Waals surface area contributed by atoms with Gasteiger partial charge < -0.3 is 9.47 Å². The second kappa shape index (κ2) is 9.89. The van der Waals surface area contributed by atoms with Crippen LogP contribution in [0.2, 0.25) is 0 Å². The predicted molar refractivity (Wildman–Crippen MR) is 121 cm³/mol. The molecule has 152 valence electrons. The highest BCUT2D eigenvalue weighted by Gasteiger charge is 2.13. The summed E-state index contributed by atoms with van der Waals surface area (Å²) in [6.07, 6.45) is 0.944. The zero-order valence-corrected chi connectivity index (χ0v) is 19.0. The highest BCUT2D eigenvalue weighted by molar-refractivity contribution is 9.10. The van der Waals surface area contributed by atoms with Gasteiger partial charge in [-0.1, -0.05) is 13.0 Å². The number of carbonyl (C=O) groups excluding carboxylic acids is 1. The quantitative estimate of drug-likeness (QED) is 0.444. The van der Waals surface area contributed by atoms with Crippen molar-refractivity contribution >= 4 is 38.3 Å². The van der Waals surface area contributed by atoms with E-state index >= 15 is 0 Å². The molecule has 5 nitrogen and oxygen atoms in total. The van der Waals surface area contributed by atoms with Gasteiger partial charge in [0.2, 0.25) is 0 Å². The lowest BCUT2D eigenvalue weighted by molar-refractivity contribution is -0.118. The third-order valence-corrected chi connectivity index (χ3v) is 5.75. The van der Waals surface area contributed by atoms with E-state index < -0.39 is 0 Å². The van der Waals surface area contributed by atoms with Crippen LogP contribution in [-0.4, -0.2) is 24.1 Å². The summed E-state index contributed by atoms with van der Waals surface area (Å²) in [6.45, 7) is 6.58. The molecule has 0 aliphatic rings. The lowest BCUT2D eigenvalue weighted by Gasteiger charge is -2.09. The Balaban J connectivity index is 1.62. The molecule has 1 amide bonds. The zero-order valence-electron chi connectivity index (χ0n) is 16.6. The SMILES string of the molecule is CCOc1ccc(-c2nc(NC(=O)COc3ccc(CC)cc3Br)sc2C)cc1. The molecule has 1 aromatic heterocycles. The van der Waals surface area contributed by atoms with Gasteiger partial charge in [0, 0.05) is 10.4 Å². The molecule has 0 fully saturated rings. The van der Waals surface area contributed by atoms with Crippen molar-refractivity contribution < 1.29 is 14.3 Å². The van der Waals surface area contributed by atoms with Crippen LogP contribution in [0.4, 0.5) is 5.13 Å². The number of nitrogens with zero attached hydrogens (tertiary/aromatic N) is 1. The average molecular weight is 475 g/mol. The van der Waals surface area contributed by atoms with Crippen LogP contribution in [0.15, 0.2) is 46.9 Å². The van der Waals surface area contributed by atoms with Gasteiger partial charge in [0.1, 0.15) is 11.5 Å². The van der Waals surface area contributed by atoms with Gasteiger partial charge in [0.25, 0.3) is 5.91 Å². The molecule has 0 spiro atoms. The largest absolute Gasteiger partial charge is 0.494 e. The van der Waals surface area contributed by atoms with Crippen molar-refractivity contribution in [3.8, 4) is 22.8 Å². The van der Waals surface area contributed by atoms with Crippen molar-refractivity contribution in [3.63, 3.8) is 0 Å². The van der Waals surface area contributed by atoms with Crippen molar-refractivity contribution in [2.24, 2.45) is 0 Å². The molecule has 0 aliphatic heterocycles. The second-order valence-corrected chi connectivity index (χ2v) is 8.39. The first kappa shape index (κ1) is 21.3. The number of amides is 1. The molecule has 3 rings (SSSR count). The number of rotatable bonds is 8. The summed E-state index contributed by atoms with van der Waals surface area (Å²) in [4.78, 5) is 17.9. The van der Waals surface area contributed by atoms with E-state index in [1.54, 1.807) is 0 Å². The summed E-state index contributed by atoms with van der Waals surface area (Å²) in [6, 6.07) is 13.6. The fourth-order valence-corrected chi connectivity index (χ4v) is 4.17. The Bertz CT molecular complexity index is 986. The normalized spacial score (nSPS) is 10.6. The summed E-state index contributed by atoms with van der Waals surface area (Å²) in [5.41, 5.74) is 3.04. The Morgan fingerprint density at radius 1 is 1.14 bits per heavy atom. The molecule has 29 heavy (non-hydrogen) atoms. The van der Waals surface area contributed by atoms with Crippen LogP contribution < -0.4 is 14.8 Å². The molecule has 0 radical (unpaired) electrons. The number of ether oxygens (including phenoxy) is 2. The van der Waals surface area contributed by atoms with Crippen LogP contribution in [0, 0.1) is 6.92 Å². The fourth-order valence-electron chi connectivity index (χ4n) is 2.77. The van der Waals surface area contributed by atoms with Gasteiger partial charge in [-0.3, -0.25) is 10.1 Å². The van der Waals surface area contributed by atoms with Crippen LogP contribution in [0.1, 0.15) is 24.3 Å². The van der Waals surface area contributed by atoms with E-state index in [0.717, 1.165) is 32.8 Å². The van der Waals surface area contributed by atoms with Gasteiger partial charge in [-0.05, 0) is 78.2 Å². The molecule has 0 saturated carbocycles. The molecule has 7 heteroatoms. The summed E-state index contributed by atoms with van der Waals surface area (Å²) < 4.78 is 11.9. The number of hydrogen-bond acceptors (Lipinski definition) is 5. The van der Waals surface area contributed by atoms with Gasteiger partial charge in [-0.2, -0.15) is 0 Å². The molecule has 1 N–H and O–H groups in total. The molecular weight excluding hydrogens is 452 g/mol. The summed E-state index contributed by atoms with van der Waals surface area (Å²) in [7, 11) is 0. The minimum absolute atomic E-state index is 0.0823. The zero-order chi connectivity index (χ0) is 20.8.